The molecule has 1 heterocycles. The highest BCUT2D eigenvalue weighted by Crippen LogP contribution is 2.25. The molecule has 0 saturated carbocycles. The van der Waals surface area contributed by atoms with E-state index in [0.29, 0.717) is 10.0 Å². The van der Waals surface area contributed by atoms with Gasteiger partial charge < -0.3 is 4.74 Å². The maximum absolute atomic E-state index is 11.4. The molecule has 0 aliphatic carbocycles. The Bertz CT molecular complexity index is 451. The fourth-order valence-electron chi connectivity index (χ4n) is 2.23. The van der Waals surface area contributed by atoms with Crippen molar-refractivity contribution in [2.75, 3.05) is 20.2 Å². The van der Waals surface area contributed by atoms with Crippen LogP contribution in [0.1, 0.15) is 12.0 Å². The Morgan fingerprint density at radius 3 is 2.94 bits per heavy atom. The summed E-state index contributed by atoms with van der Waals surface area (Å²) in [6.45, 7) is 2.36. The fourth-order valence-corrected chi connectivity index (χ4v) is 2.69. The first-order chi connectivity index (χ1) is 8.60. The lowest BCUT2D eigenvalue weighted by Gasteiger charge is -2.16. The van der Waals surface area contributed by atoms with Crippen LogP contribution < -0.4 is 0 Å². The zero-order valence-electron chi connectivity index (χ0n) is 10.2. The number of ether oxygens (including phenoxy) is 1. The van der Waals surface area contributed by atoms with Gasteiger partial charge >= 0.3 is 5.97 Å². The highest BCUT2D eigenvalue weighted by molar-refractivity contribution is 6.35. The van der Waals surface area contributed by atoms with E-state index < -0.39 is 0 Å². The highest BCUT2D eigenvalue weighted by atomic mass is 35.5. The zero-order chi connectivity index (χ0) is 13.1. The summed E-state index contributed by atoms with van der Waals surface area (Å²) in [7, 11) is 1.43. The second-order valence-corrected chi connectivity index (χ2v) is 5.32. The van der Waals surface area contributed by atoms with Crippen LogP contribution in [-0.4, -0.2) is 31.1 Å². The number of hydrogen-bond donors (Lipinski definition) is 0. The molecule has 1 aromatic rings. The summed E-state index contributed by atoms with van der Waals surface area (Å²) in [6.07, 6.45) is 0.845. The number of carbonyl (C=O) groups is 1. The summed E-state index contributed by atoms with van der Waals surface area (Å²) in [4.78, 5) is 13.6. The summed E-state index contributed by atoms with van der Waals surface area (Å²) in [6, 6.07) is 5.50. The number of rotatable bonds is 3. The monoisotopic (exact) mass is 287 g/mol. The number of likely N-dealkylation sites (tertiary alicyclic amines) is 1. The average molecular weight is 288 g/mol. The number of carbonyl (C=O) groups excluding carboxylic acids is 1. The molecule has 1 saturated heterocycles. The highest BCUT2D eigenvalue weighted by Gasteiger charge is 2.29. The molecule has 1 unspecified atom stereocenters. The van der Waals surface area contributed by atoms with Crippen molar-refractivity contribution in [3.63, 3.8) is 0 Å². The molecule has 1 aromatic carbocycles. The molecule has 1 atom stereocenters. The van der Waals surface area contributed by atoms with Crippen molar-refractivity contribution in [2.45, 2.75) is 13.0 Å². The van der Waals surface area contributed by atoms with Crippen LogP contribution in [0.5, 0.6) is 0 Å². The van der Waals surface area contributed by atoms with Gasteiger partial charge in [0.05, 0.1) is 13.0 Å². The van der Waals surface area contributed by atoms with Gasteiger partial charge in [0.1, 0.15) is 0 Å². The van der Waals surface area contributed by atoms with E-state index in [2.05, 4.69) is 4.90 Å². The molecule has 0 spiro atoms. The number of benzene rings is 1. The van der Waals surface area contributed by atoms with Gasteiger partial charge in [0.15, 0.2) is 0 Å². The Morgan fingerprint density at radius 2 is 2.28 bits per heavy atom. The van der Waals surface area contributed by atoms with Gasteiger partial charge in [-0.1, -0.05) is 29.3 Å². The third-order valence-electron chi connectivity index (χ3n) is 3.22. The molecule has 1 fully saturated rings. The molecular formula is C13H15Cl2NO2. The number of halogens is 2. The van der Waals surface area contributed by atoms with Crippen LogP contribution >= 0.6 is 23.2 Å². The third kappa shape index (κ3) is 3.16. The van der Waals surface area contributed by atoms with E-state index >= 15 is 0 Å². The van der Waals surface area contributed by atoms with Crippen LogP contribution in [0.3, 0.4) is 0 Å². The van der Waals surface area contributed by atoms with Crippen molar-refractivity contribution in [1.82, 2.24) is 4.90 Å². The van der Waals surface area contributed by atoms with Crippen molar-refractivity contribution >= 4 is 29.2 Å². The first kappa shape index (κ1) is 13.7. The Hall–Kier alpha value is -0.770. The third-order valence-corrected chi connectivity index (χ3v) is 3.80. The lowest BCUT2D eigenvalue weighted by Crippen LogP contribution is -2.23. The van der Waals surface area contributed by atoms with Crippen molar-refractivity contribution in [1.29, 1.82) is 0 Å². The van der Waals surface area contributed by atoms with Crippen LogP contribution in [-0.2, 0) is 16.1 Å². The van der Waals surface area contributed by atoms with E-state index in [9.17, 15) is 4.79 Å². The lowest BCUT2D eigenvalue weighted by molar-refractivity contribution is -0.144. The summed E-state index contributed by atoms with van der Waals surface area (Å²) in [5, 5.41) is 1.31. The number of nitrogens with zero attached hydrogens (tertiary/aromatic N) is 1. The van der Waals surface area contributed by atoms with Crippen LogP contribution in [0.25, 0.3) is 0 Å². The summed E-state index contributed by atoms with van der Waals surface area (Å²) in [5.41, 5.74) is 1.03. The summed E-state index contributed by atoms with van der Waals surface area (Å²) >= 11 is 12.0. The van der Waals surface area contributed by atoms with Crippen molar-refractivity contribution in [3.05, 3.63) is 33.8 Å². The molecule has 5 heteroatoms. The zero-order valence-corrected chi connectivity index (χ0v) is 11.7. The van der Waals surface area contributed by atoms with E-state index in [1.807, 2.05) is 12.1 Å². The molecule has 2 rings (SSSR count). The van der Waals surface area contributed by atoms with Gasteiger partial charge in [0, 0.05) is 23.1 Å². The number of esters is 1. The van der Waals surface area contributed by atoms with Gasteiger partial charge in [-0.3, -0.25) is 9.69 Å². The second-order valence-electron chi connectivity index (χ2n) is 4.48. The molecule has 0 aromatic heterocycles. The molecule has 1 aliphatic rings. The molecular weight excluding hydrogens is 273 g/mol. The van der Waals surface area contributed by atoms with Gasteiger partial charge in [-0.25, -0.2) is 0 Å². The molecule has 0 amide bonds. The minimum Gasteiger partial charge on any atom is -0.469 e. The predicted octanol–water partition coefficient (Wildman–Crippen LogP) is 2.99. The topological polar surface area (TPSA) is 29.5 Å². The molecule has 0 radical (unpaired) electrons. The van der Waals surface area contributed by atoms with Gasteiger partial charge in [-0.2, -0.15) is 0 Å². The first-order valence-electron chi connectivity index (χ1n) is 5.84. The van der Waals surface area contributed by atoms with Crippen molar-refractivity contribution in [3.8, 4) is 0 Å². The maximum atomic E-state index is 11.4. The van der Waals surface area contributed by atoms with Gasteiger partial charge in [0.2, 0.25) is 0 Å². The largest absolute Gasteiger partial charge is 0.469 e. The van der Waals surface area contributed by atoms with E-state index in [1.54, 1.807) is 6.07 Å². The Labute approximate surface area is 117 Å². The normalized spacial score (nSPS) is 20.1. The fraction of sp³-hybridized carbons (Fsp3) is 0.462. The Morgan fingerprint density at radius 1 is 1.50 bits per heavy atom. The second kappa shape index (κ2) is 5.91. The Balaban J connectivity index is 1.97. The van der Waals surface area contributed by atoms with E-state index in [4.69, 9.17) is 27.9 Å². The molecule has 98 valence electrons. The summed E-state index contributed by atoms with van der Waals surface area (Å²) < 4.78 is 4.76. The first-order valence-corrected chi connectivity index (χ1v) is 6.60. The predicted molar refractivity (Wildman–Crippen MR) is 71.9 cm³/mol. The smallest absolute Gasteiger partial charge is 0.310 e. The molecule has 0 bridgehead atoms. The van der Waals surface area contributed by atoms with Crippen molar-refractivity contribution < 1.29 is 9.53 Å². The van der Waals surface area contributed by atoms with Crippen molar-refractivity contribution in [2.24, 2.45) is 5.92 Å². The van der Waals surface area contributed by atoms with E-state index in [1.165, 1.54) is 7.11 Å². The van der Waals surface area contributed by atoms with E-state index in [-0.39, 0.29) is 11.9 Å². The quantitative estimate of drug-likeness (QED) is 0.801. The SMILES string of the molecule is COC(=O)C1CCN(Cc2ccc(Cl)cc2Cl)C1. The maximum Gasteiger partial charge on any atom is 0.310 e. The van der Waals surface area contributed by atoms with Gasteiger partial charge in [0.25, 0.3) is 0 Å². The summed E-state index contributed by atoms with van der Waals surface area (Å²) in [5.74, 6) is -0.138. The van der Waals surface area contributed by atoms with Gasteiger partial charge in [-0.15, -0.1) is 0 Å². The minimum atomic E-state index is -0.125. The molecule has 3 nitrogen and oxygen atoms in total. The average Bonchev–Trinajstić information content (AvgIpc) is 2.80. The molecule has 0 N–H and O–H groups in total. The van der Waals surface area contributed by atoms with Crippen LogP contribution in [0.15, 0.2) is 18.2 Å². The van der Waals surface area contributed by atoms with Crippen LogP contribution in [0, 0.1) is 5.92 Å². The van der Waals surface area contributed by atoms with Gasteiger partial charge in [-0.05, 0) is 30.7 Å². The van der Waals surface area contributed by atoms with Crippen LogP contribution in [0.4, 0.5) is 0 Å². The number of methoxy groups -OCH3 is 1. The standard InChI is InChI=1S/C13H15Cl2NO2/c1-18-13(17)10-4-5-16(8-10)7-9-2-3-11(14)6-12(9)15/h2-3,6,10H,4-5,7-8H2,1H3. The van der Waals surface area contributed by atoms with Crippen LogP contribution in [0.2, 0.25) is 10.0 Å². The Kier molecular flexibility index (Phi) is 4.49. The lowest BCUT2D eigenvalue weighted by atomic mass is 10.1. The molecule has 1 aliphatic heterocycles. The minimum absolute atomic E-state index is 0.0129. The molecule has 18 heavy (non-hydrogen) atoms. The van der Waals surface area contributed by atoms with E-state index in [0.717, 1.165) is 31.6 Å². The number of hydrogen-bond acceptors (Lipinski definition) is 3.